The zero-order valence-corrected chi connectivity index (χ0v) is 18.8. The quantitative estimate of drug-likeness (QED) is 0.710. The highest BCUT2D eigenvalue weighted by molar-refractivity contribution is 5.94. The molecular formula is C24H30ClN3O3. The minimum Gasteiger partial charge on any atom is -0.465 e. The second-order valence-corrected chi connectivity index (χ2v) is 8.43. The molecule has 4 rings (SSSR count). The van der Waals surface area contributed by atoms with Gasteiger partial charge in [0.15, 0.2) is 0 Å². The van der Waals surface area contributed by atoms with Crippen molar-refractivity contribution >= 4 is 30.1 Å². The summed E-state index contributed by atoms with van der Waals surface area (Å²) >= 11 is 0. The third-order valence-corrected chi connectivity index (χ3v) is 6.21. The number of carbonyl (C=O) groups is 2. The molecule has 1 saturated heterocycles. The maximum absolute atomic E-state index is 12.2. The van der Waals surface area contributed by atoms with E-state index in [9.17, 15) is 14.7 Å². The van der Waals surface area contributed by atoms with Gasteiger partial charge >= 0.3 is 6.09 Å². The third kappa shape index (κ3) is 5.02. The number of carbonyl (C=O) groups excluding carboxylic acids is 1. The van der Waals surface area contributed by atoms with Gasteiger partial charge in [0.25, 0.3) is 0 Å². The summed E-state index contributed by atoms with van der Waals surface area (Å²) in [5, 5.41) is 11.9. The van der Waals surface area contributed by atoms with Crippen LogP contribution in [-0.2, 0) is 11.3 Å². The van der Waals surface area contributed by atoms with Crippen LogP contribution in [0.1, 0.15) is 50.3 Å². The van der Waals surface area contributed by atoms with Gasteiger partial charge in [0.2, 0.25) is 5.91 Å². The maximum Gasteiger partial charge on any atom is 0.405 e. The number of likely N-dealkylation sites (tertiary alicyclic amines) is 1. The van der Waals surface area contributed by atoms with Gasteiger partial charge in [-0.2, -0.15) is 0 Å². The van der Waals surface area contributed by atoms with Crippen LogP contribution in [0.25, 0.3) is 11.1 Å². The fourth-order valence-corrected chi connectivity index (χ4v) is 4.81. The molecule has 7 heteroatoms. The van der Waals surface area contributed by atoms with E-state index in [0.29, 0.717) is 6.42 Å². The first-order valence-corrected chi connectivity index (χ1v) is 10.7. The van der Waals surface area contributed by atoms with E-state index in [1.807, 2.05) is 25.1 Å². The monoisotopic (exact) mass is 443 g/mol. The molecule has 2 aromatic rings. The minimum absolute atomic E-state index is 0. The topological polar surface area (TPSA) is 72.9 Å². The molecule has 0 saturated carbocycles. The Labute approximate surface area is 189 Å². The maximum atomic E-state index is 12.2. The molecule has 0 spiro atoms. The van der Waals surface area contributed by atoms with E-state index in [2.05, 4.69) is 34.5 Å². The molecule has 0 aromatic heterocycles. The molecule has 2 atom stereocenters. The summed E-state index contributed by atoms with van der Waals surface area (Å²) in [6.45, 7) is 6.85. The van der Waals surface area contributed by atoms with Crippen molar-refractivity contribution in [1.82, 2.24) is 10.2 Å². The fourth-order valence-electron chi connectivity index (χ4n) is 4.81. The lowest BCUT2D eigenvalue weighted by Crippen LogP contribution is -2.45. The molecule has 166 valence electrons. The average molecular weight is 444 g/mol. The SMILES string of the molecule is CC(=O)N1c2ccc(-c3ccc(CN4CCCC4)cc3)cc2C(NC(=O)O)CC1C.Cl. The van der Waals surface area contributed by atoms with Crippen LogP contribution < -0.4 is 10.2 Å². The Hall–Kier alpha value is -2.57. The number of hydrogen-bond donors (Lipinski definition) is 2. The van der Waals surface area contributed by atoms with Gasteiger partial charge in [0.05, 0.1) is 6.04 Å². The number of halogens is 1. The molecule has 0 radical (unpaired) electrons. The van der Waals surface area contributed by atoms with Gasteiger partial charge in [0, 0.05) is 25.2 Å². The molecule has 0 aliphatic carbocycles. The van der Waals surface area contributed by atoms with E-state index < -0.39 is 6.09 Å². The highest BCUT2D eigenvalue weighted by Crippen LogP contribution is 2.39. The van der Waals surface area contributed by atoms with Crippen molar-refractivity contribution in [1.29, 1.82) is 0 Å². The van der Waals surface area contributed by atoms with Crippen LogP contribution in [0.5, 0.6) is 0 Å². The molecule has 6 nitrogen and oxygen atoms in total. The van der Waals surface area contributed by atoms with Crippen molar-refractivity contribution in [3.63, 3.8) is 0 Å². The Kier molecular flexibility index (Phi) is 7.23. The average Bonchev–Trinajstić information content (AvgIpc) is 3.21. The number of amides is 2. The van der Waals surface area contributed by atoms with Gasteiger partial charge < -0.3 is 15.3 Å². The zero-order valence-electron chi connectivity index (χ0n) is 18.0. The molecule has 1 fully saturated rings. The van der Waals surface area contributed by atoms with Crippen molar-refractivity contribution in [2.24, 2.45) is 0 Å². The molecule has 2 aliphatic rings. The molecule has 0 bridgehead atoms. The first-order chi connectivity index (χ1) is 14.4. The first kappa shape index (κ1) is 23.1. The number of nitrogens with zero attached hydrogens (tertiary/aromatic N) is 2. The van der Waals surface area contributed by atoms with Crippen LogP contribution in [0.15, 0.2) is 42.5 Å². The lowest BCUT2D eigenvalue weighted by Gasteiger charge is -2.39. The van der Waals surface area contributed by atoms with Gasteiger partial charge in [-0.1, -0.05) is 30.3 Å². The van der Waals surface area contributed by atoms with E-state index in [0.717, 1.165) is 28.9 Å². The minimum atomic E-state index is -1.05. The Morgan fingerprint density at radius 2 is 1.71 bits per heavy atom. The molecule has 2 N–H and O–H groups in total. The van der Waals surface area contributed by atoms with Crippen molar-refractivity contribution in [2.75, 3.05) is 18.0 Å². The van der Waals surface area contributed by atoms with E-state index in [4.69, 9.17) is 0 Å². The van der Waals surface area contributed by atoms with E-state index in [1.54, 1.807) is 11.8 Å². The predicted molar refractivity (Wildman–Crippen MR) is 125 cm³/mol. The lowest BCUT2D eigenvalue weighted by atomic mass is 9.89. The normalized spacial score (nSPS) is 20.6. The lowest BCUT2D eigenvalue weighted by molar-refractivity contribution is -0.117. The summed E-state index contributed by atoms with van der Waals surface area (Å²) in [7, 11) is 0. The highest BCUT2D eigenvalue weighted by Gasteiger charge is 2.33. The molecule has 2 aromatic carbocycles. The Balaban J connectivity index is 0.00000272. The van der Waals surface area contributed by atoms with E-state index in [1.165, 1.54) is 31.5 Å². The van der Waals surface area contributed by atoms with Gasteiger partial charge in [-0.15, -0.1) is 12.4 Å². The number of carboxylic acid groups (broad SMARTS) is 1. The molecule has 2 unspecified atom stereocenters. The second kappa shape index (κ2) is 9.71. The summed E-state index contributed by atoms with van der Waals surface area (Å²) in [6.07, 6.45) is 2.08. The van der Waals surface area contributed by atoms with Gasteiger partial charge in [0.1, 0.15) is 0 Å². The summed E-state index contributed by atoms with van der Waals surface area (Å²) < 4.78 is 0. The number of rotatable bonds is 4. The summed E-state index contributed by atoms with van der Waals surface area (Å²) in [5.74, 6) is -0.0310. The molecule has 2 heterocycles. The van der Waals surface area contributed by atoms with Crippen LogP contribution in [0, 0.1) is 0 Å². The Morgan fingerprint density at radius 3 is 2.32 bits per heavy atom. The smallest absolute Gasteiger partial charge is 0.405 e. The van der Waals surface area contributed by atoms with Gasteiger partial charge in [-0.3, -0.25) is 9.69 Å². The number of benzene rings is 2. The van der Waals surface area contributed by atoms with Crippen LogP contribution in [0.2, 0.25) is 0 Å². The molecule has 31 heavy (non-hydrogen) atoms. The van der Waals surface area contributed by atoms with Crippen LogP contribution in [0.3, 0.4) is 0 Å². The predicted octanol–water partition coefficient (Wildman–Crippen LogP) is 4.83. The van der Waals surface area contributed by atoms with Crippen LogP contribution >= 0.6 is 12.4 Å². The summed E-state index contributed by atoms with van der Waals surface area (Å²) in [5.41, 5.74) is 5.06. The standard InChI is InChI=1S/C24H29N3O3.ClH/c1-16-13-22(25-24(29)30)21-14-20(9-10-23(21)27(16)17(2)28)19-7-5-18(6-8-19)15-26-11-3-4-12-26;/h5-10,14,16,22,25H,3-4,11-13,15H2,1-2H3,(H,29,30);1H. The van der Waals surface area contributed by atoms with Gasteiger partial charge in [-0.25, -0.2) is 4.79 Å². The summed E-state index contributed by atoms with van der Waals surface area (Å²) in [4.78, 5) is 27.8. The fraction of sp³-hybridized carbons (Fsp3) is 0.417. The van der Waals surface area contributed by atoms with Crippen molar-refractivity contribution < 1.29 is 14.7 Å². The van der Waals surface area contributed by atoms with Crippen LogP contribution in [-0.4, -0.2) is 41.1 Å². The van der Waals surface area contributed by atoms with Crippen molar-refractivity contribution in [3.8, 4) is 11.1 Å². The molecular weight excluding hydrogens is 414 g/mol. The molecule has 2 amide bonds. The zero-order chi connectivity index (χ0) is 21.3. The Bertz CT molecular complexity index is 942. The number of nitrogens with one attached hydrogen (secondary N) is 1. The Morgan fingerprint density at radius 1 is 1.06 bits per heavy atom. The van der Waals surface area contributed by atoms with Gasteiger partial charge in [-0.05, 0) is 73.7 Å². The van der Waals surface area contributed by atoms with E-state index in [-0.39, 0.29) is 30.4 Å². The number of fused-ring (bicyclic) bond motifs is 1. The highest BCUT2D eigenvalue weighted by atomic mass is 35.5. The first-order valence-electron chi connectivity index (χ1n) is 10.7. The van der Waals surface area contributed by atoms with Crippen molar-refractivity contribution in [3.05, 3.63) is 53.6 Å². The second-order valence-electron chi connectivity index (χ2n) is 8.43. The van der Waals surface area contributed by atoms with E-state index >= 15 is 0 Å². The van der Waals surface area contributed by atoms with Crippen LogP contribution in [0.4, 0.5) is 10.5 Å². The largest absolute Gasteiger partial charge is 0.465 e. The van der Waals surface area contributed by atoms with Crippen molar-refractivity contribution in [2.45, 2.75) is 51.7 Å². The number of hydrogen-bond acceptors (Lipinski definition) is 3. The molecule has 2 aliphatic heterocycles. The third-order valence-electron chi connectivity index (χ3n) is 6.21. The summed E-state index contributed by atoms with van der Waals surface area (Å²) in [6, 6.07) is 14.2. The number of anilines is 1.